The van der Waals surface area contributed by atoms with Crippen molar-refractivity contribution >= 4 is 69.4 Å². The van der Waals surface area contributed by atoms with E-state index in [9.17, 15) is 52.3 Å². The Morgan fingerprint density at radius 2 is 0.574 bits per heavy atom. The van der Waals surface area contributed by atoms with Gasteiger partial charge in [0.05, 0.1) is 0 Å². The van der Waals surface area contributed by atoms with Crippen molar-refractivity contribution in [2.75, 3.05) is 0 Å². The van der Waals surface area contributed by atoms with Crippen LogP contribution in [0.5, 0.6) is 11.5 Å². The van der Waals surface area contributed by atoms with Crippen LogP contribution >= 0.6 is 11.5 Å². The van der Waals surface area contributed by atoms with Crippen LogP contribution in [0.3, 0.4) is 0 Å². The van der Waals surface area contributed by atoms with E-state index in [1.165, 1.54) is 39.9 Å². The highest BCUT2D eigenvalue weighted by atomic mass is 32.1. The molecule has 0 radical (unpaired) electrons. The fraction of sp³-hybridized carbons (Fsp3) is 0.316. The number of ketones is 10. The molecule has 660 valence electrons. The first-order valence-electron chi connectivity index (χ1n) is 44.8. The first-order chi connectivity index (χ1) is 61.6. The third kappa shape index (κ3) is 21.9. The third-order valence-electron chi connectivity index (χ3n) is 26.3. The summed E-state index contributed by atoms with van der Waals surface area (Å²) in [6, 6.07) is 70.5. The standard InChI is InChI=1S/C27H26O3.C23H22N2O2S.C22H24O2.C21H21FO2.C21H22O2/c1-17-12-18(2)25(19(3)13-17)26-24(28)16-21(27(26)29)14-20-8-7-11-23(15-20)30-22-9-5-4-6-10-22;1-13-8-14(2)21(15(3)9-13)22-20(26)11-18(23(22)27)10-16-4-6-17(7-5-16)19-12-28-25-24-19;1-13-9-15(3)20(16(4)10-13)21-19(23)12-18(22(21)24)11-17-8-6-5-7-14(17)2;1-12-8-13(2)19(14(3)9-12)20-18(23)11-16(21(20)24)10-15-6-4-5-7-17(15)22;1-13-9-14(2)19(15(3)10-13)20-18(22)12-17(21(20)23)11-16-7-5-4-6-8-16/h4-13,15,21,26H,14,16H2,1-3H3;4-9,12,18,22H,10-11H2,1-3H3;5-10,18,21H,11-12H2,1-4H3;4-9,16,20H,10-11H2,1-3H3;4-10,17,20H,11-12H2,1-3H3. The van der Waals surface area contributed by atoms with Crippen LogP contribution in [0.25, 0.3) is 11.3 Å². The van der Waals surface area contributed by atoms with Crippen LogP contribution in [0, 0.1) is 146 Å². The maximum atomic E-state index is 13.9. The van der Waals surface area contributed by atoms with Crippen molar-refractivity contribution in [2.24, 2.45) is 29.6 Å². The Morgan fingerprint density at radius 1 is 0.287 bits per heavy atom. The maximum Gasteiger partial charge on any atom is 0.151 e. The average Bonchev–Trinajstić information content (AvgIpc) is 1.65. The lowest BCUT2D eigenvalue weighted by Crippen LogP contribution is -2.19. The number of Topliss-reactive ketones (excluding diaryl/α,β-unsaturated/α-hetero) is 10. The summed E-state index contributed by atoms with van der Waals surface area (Å²) in [4.78, 5) is 128. The molecule has 5 aliphatic carbocycles. The molecule has 0 spiro atoms. The van der Waals surface area contributed by atoms with Gasteiger partial charge in [0.2, 0.25) is 0 Å². The van der Waals surface area contributed by atoms with Crippen molar-refractivity contribution in [1.29, 1.82) is 0 Å². The molecular formula is C114H115FN2O11S. The van der Waals surface area contributed by atoms with Crippen LogP contribution in [-0.2, 0) is 80.0 Å². The van der Waals surface area contributed by atoms with Gasteiger partial charge in [0.25, 0.3) is 0 Å². The van der Waals surface area contributed by atoms with Gasteiger partial charge in [0, 0.05) is 72.6 Å². The molecule has 10 atom stereocenters. The second kappa shape index (κ2) is 41.2. The van der Waals surface area contributed by atoms with Crippen LogP contribution in [-0.4, -0.2) is 67.4 Å². The number of ether oxygens (including phenoxy) is 1. The first-order valence-corrected chi connectivity index (χ1v) is 45.6. The lowest BCUT2D eigenvalue weighted by molar-refractivity contribution is -0.126. The first kappa shape index (κ1) is 94.0. The van der Waals surface area contributed by atoms with Gasteiger partial charge in [0.1, 0.15) is 81.5 Å². The molecule has 0 saturated heterocycles. The third-order valence-corrected chi connectivity index (χ3v) is 26.8. The number of nitrogens with zero attached hydrogens (tertiary/aromatic N) is 2. The van der Waals surface area contributed by atoms with E-state index in [4.69, 9.17) is 4.74 Å². The number of hydrogen-bond acceptors (Lipinski definition) is 14. The average molecular weight is 1740 g/mol. The van der Waals surface area contributed by atoms with Crippen molar-refractivity contribution in [3.63, 3.8) is 0 Å². The Hall–Kier alpha value is -12.6. The monoisotopic (exact) mass is 1740 g/mol. The number of para-hydroxylation sites is 1. The van der Waals surface area contributed by atoms with Crippen LogP contribution in [0.15, 0.2) is 224 Å². The minimum absolute atomic E-state index is 0.0387. The Bertz CT molecular complexity index is 6050. The lowest BCUT2D eigenvalue weighted by atomic mass is 9.85. The minimum Gasteiger partial charge on any atom is -0.457 e. The minimum atomic E-state index is -0.692. The summed E-state index contributed by atoms with van der Waals surface area (Å²) < 4.78 is 23.7. The van der Waals surface area contributed by atoms with E-state index in [1.807, 2.05) is 243 Å². The van der Waals surface area contributed by atoms with E-state index in [0.29, 0.717) is 56.9 Å². The molecule has 13 nitrogen and oxygen atoms in total. The fourth-order valence-corrected chi connectivity index (χ4v) is 21.3. The number of halogens is 1. The molecule has 17 rings (SSSR count). The number of carbonyl (C=O) groups is 10. The smallest absolute Gasteiger partial charge is 0.151 e. The highest BCUT2D eigenvalue weighted by Gasteiger charge is 2.48. The topological polar surface area (TPSA) is 206 Å². The highest BCUT2D eigenvalue weighted by Crippen LogP contribution is 2.44. The Kier molecular flexibility index (Phi) is 30.1. The quantitative estimate of drug-likeness (QED) is 0.0734. The maximum absolute atomic E-state index is 13.9. The molecule has 1 aromatic heterocycles. The zero-order valence-corrected chi connectivity index (χ0v) is 77.7. The van der Waals surface area contributed by atoms with Gasteiger partial charge in [-0.1, -0.05) is 220 Å². The fourth-order valence-electron chi connectivity index (χ4n) is 20.9. The zero-order valence-electron chi connectivity index (χ0n) is 76.9. The molecule has 12 aromatic rings. The number of aryl methyl sites for hydroxylation is 16. The molecule has 5 aliphatic rings. The number of rotatable bonds is 18. The molecule has 0 aliphatic heterocycles. The molecular weight excluding hydrogens is 1620 g/mol. The van der Waals surface area contributed by atoms with Gasteiger partial charge >= 0.3 is 0 Å². The molecule has 1 heterocycles. The summed E-state index contributed by atoms with van der Waals surface area (Å²) in [5.74, 6) is -2.78. The molecule has 5 saturated carbocycles. The number of carbonyl (C=O) groups excluding carboxylic acids is 10. The molecule has 0 amide bonds. The molecule has 129 heavy (non-hydrogen) atoms. The van der Waals surface area contributed by atoms with Gasteiger partial charge < -0.3 is 4.74 Å². The molecule has 0 N–H and O–H groups in total. The van der Waals surface area contributed by atoms with Crippen LogP contribution in [0.2, 0.25) is 0 Å². The summed E-state index contributed by atoms with van der Waals surface area (Å²) in [6.45, 7) is 32.1. The van der Waals surface area contributed by atoms with Crippen molar-refractivity contribution in [1.82, 2.24) is 9.59 Å². The number of benzene rings is 11. The van der Waals surface area contributed by atoms with Gasteiger partial charge in [-0.25, -0.2) is 4.39 Å². The second-order valence-corrected chi connectivity index (χ2v) is 37.3. The van der Waals surface area contributed by atoms with Gasteiger partial charge in [-0.05, 0) is 302 Å². The second-order valence-electron chi connectivity index (χ2n) is 36.6. The summed E-state index contributed by atoms with van der Waals surface area (Å²) in [6.07, 6.45) is 4.33. The largest absolute Gasteiger partial charge is 0.457 e. The van der Waals surface area contributed by atoms with Crippen molar-refractivity contribution in [3.8, 4) is 22.8 Å². The predicted molar refractivity (Wildman–Crippen MR) is 508 cm³/mol. The Morgan fingerprint density at radius 3 is 0.915 bits per heavy atom. The summed E-state index contributed by atoms with van der Waals surface area (Å²) in [5, 5.41) is 5.99. The molecule has 0 bridgehead atoms. The molecule has 10 unspecified atom stereocenters. The van der Waals surface area contributed by atoms with E-state index in [1.54, 1.807) is 18.2 Å². The molecule has 5 fully saturated rings. The van der Waals surface area contributed by atoms with Crippen molar-refractivity contribution < 1.29 is 57.1 Å². The normalized spacial score (nSPS) is 20.0. The highest BCUT2D eigenvalue weighted by molar-refractivity contribution is 7.03. The van der Waals surface area contributed by atoms with E-state index in [-0.39, 0.29) is 100 Å². The number of hydrogen-bond donors (Lipinski definition) is 0. The van der Waals surface area contributed by atoms with Gasteiger partial charge in [0.15, 0.2) is 28.9 Å². The van der Waals surface area contributed by atoms with Crippen LogP contribution in [0.4, 0.5) is 4.39 Å². The summed E-state index contributed by atoms with van der Waals surface area (Å²) in [5.41, 5.74) is 28.5. The number of aromatic nitrogens is 2. The van der Waals surface area contributed by atoms with E-state index in [0.717, 1.165) is 140 Å². The van der Waals surface area contributed by atoms with Gasteiger partial charge in [-0.2, -0.15) is 0 Å². The lowest BCUT2D eigenvalue weighted by Gasteiger charge is -2.16. The van der Waals surface area contributed by atoms with Gasteiger partial charge in [-0.3, -0.25) is 47.9 Å². The van der Waals surface area contributed by atoms with E-state index in [2.05, 4.69) is 77.2 Å². The van der Waals surface area contributed by atoms with Crippen LogP contribution in [0.1, 0.15) is 206 Å². The van der Waals surface area contributed by atoms with Crippen molar-refractivity contribution in [3.05, 3.63) is 374 Å². The summed E-state index contributed by atoms with van der Waals surface area (Å²) >= 11 is 1.32. The van der Waals surface area contributed by atoms with Crippen LogP contribution < -0.4 is 4.74 Å². The predicted octanol–water partition coefficient (Wildman–Crippen LogP) is 23.2. The van der Waals surface area contributed by atoms with Crippen molar-refractivity contribution in [2.45, 2.75) is 205 Å². The summed E-state index contributed by atoms with van der Waals surface area (Å²) in [7, 11) is 0. The van der Waals surface area contributed by atoms with Gasteiger partial charge in [-0.15, -0.1) is 5.10 Å². The zero-order chi connectivity index (χ0) is 92.5. The molecule has 15 heteroatoms. The molecule has 11 aromatic carbocycles. The Balaban J connectivity index is 0.000000138. The van der Waals surface area contributed by atoms with E-state index >= 15 is 0 Å². The SMILES string of the molecule is Cc1cc(C)c(C2C(=O)CC(Cc3ccc(-c4csnn4)cc3)C2=O)c(C)c1.Cc1cc(C)c(C2C(=O)CC(Cc3cccc(Oc4ccccc4)c3)C2=O)c(C)c1.Cc1cc(C)c(C2C(=O)CC(Cc3ccccc3)C2=O)c(C)c1.Cc1cc(C)c(C2C(=O)CC(Cc3ccccc3C)C2=O)c(C)c1.Cc1cc(C)c(C2C(=O)CC(Cc3ccccc3F)C2=O)c(C)c1. The van der Waals surface area contributed by atoms with E-state index < -0.39 is 35.5 Å². The Labute approximate surface area is 762 Å².